The zero-order valence-corrected chi connectivity index (χ0v) is 12.3. The number of aliphatic imine (C=N–C) groups is 1. The topological polar surface area (TPSA) is 15.6 Å². The summed E-state index contributed by atoms with van der Waals surface area (Å²) in [5.74, 6) is 0. The van der Waals surface area contributed by atoms with E-state index in [-0.39, 0.29) is 5.54 Å². The van der Waals surface area contributed by atoms with Crippen molar-refractivity contribution in [3.8, 4) is 0 Å². The van der Waals surface area contributed by atoms with Gasteiger partial charge in [-0.2, -0.15) is 0 Å². The van der Waals surface area contributed by atoms with Crippen molar-refractivity contribution in [2.75, 3.05) is 4.90 Å². The first-order chi connectivity index (χ1) is 9.01. The Labute approximate surface area is 116 Å². The van der Waals surface area contributed by atoms with Crippen LogP contribution >= 0.6 is 0 Å². The molecule has 2 heteroatoms. The maximum Gasteiger partial charge on any atom is 0.0903 e. The first-order valence-corrected chi connectivity index (χ1v) is 7.04. The molecule has 2 nitrogen and oxygen atoms in total. The maximum absolute atomic E-state index is 4.68. The number of hydrogen-bond acceptors (Lipinski definition) is 1. The normalized spacial score (nSPS) is 19.5. The highest BCUT2D eigenvalue weighted by atomic mass is 15.2. The van der Waals surface area contributed by atoms with Gasteiger partial charge in [0, 0.05) is 11.7 Å². The van der Waals surface area contributed by atoms with Gasteiger partial charge >= 0.3 is 0 Å². The van der Waals surface area contributed by atoms with Gasteiger partial charge in [-0.15, -0.1) is 6.58 Å². The minimum atomic E-state index is -0.0366. The monoisotopic (exact) mass is 256 g/mol. The summed E-state index contributed by atoms with van der Waals surface area (Å²) in [4.78, 5) is 7.00. The van der Waals surface area contributed by atoms with Crippen molar-refractivity contribution in [3.63, 3.8) is 0 Å². The Bertz CT molecular complexity index is 468. The Morgan fingerprint density at radius 1 is 1.37 bits per heavy atom. The van der Waals surface area contributed by atoms with Gasteiger partial charge in [0.2, 0.25) is 0 Å². The number of anilines is 1. The first kappa shape index (κ1) is 13.9. The third-order valence-electron chi connectivity index (χ3n) is 3.42. The summed E-state index contributed by atoms with van der Waals surface area (Å²) in [6.07, 6.45) is 7.35. The van der Waals surface area contributed by atoms with Crippen LogP contribution in [0, 0.1) is 0 Å². The molecule has 102 valence electrons. The van der Waals surface area contributed by atoms with E-state index in [2.05, 4.69) is 61.5 Å². The molecule has 1 aliphatic rings. The number of para-hydroxylation sites is 1. The van der Waals surface area contributed by atoms with Gasteiger partial charge in [0.15, 0.2) is 0 Å². The molecule has 0 aliphatic carbocycles. The van der Waals surface area contributed by atoms with Crippen molar-refractivity contribution in [2.45, 2.75) is 51.6 Å². The highest BCUT2D eigenvalue weighted by Crippen LogP contribution is 2.31. The lowest BCUT2D eigenvalue weighted by atomic mass is 9.94. The second-order valence-electron chi connectivity index (χ2n) is 6.17. The van der Waals surface area contributed by atoms with Crippen LogP contribution in [-0.2, 0) is 6.42 Å². The van der Waals surface area contributed by atoms with Crippen molar-refractivity contribution in [1.29, 1.82) is 0 Å². The minimum absolute atomic E-state index is 0.0366. The Kier molecular flexibility index (Phi) is 4.08. The summed E-state index contributed by atoms with van der Waals surface area (Å²) in [5, 5.41) is 0. The predicted molar refractivity (Wildman–Crippen MR) is 84.1 cm³/mol. The van der Waals surface area contributed by atoms with E-state index < -0.39 is 0 Å². The van der Waals surface area contributed by atoms with Crippen LogP contribution in [0.4, 0.5) is 5.69 Å². The number of rotatable bonds is 3. The van der Waals surface area contributed by atoms with Gasteiger partial charge < -0.3 is 4.90 Å². The van der Waals surface area contributed by atoms with Crippen LogP contribution in [0.25, 0.3) is 0 Å². The molecule has 0 fully saturated rings. The molecule has 0 aromatic heterocycles. The lowest BCUT2D eigenvalue weighted by molar-refractivity contribution is 0.567. The zero-order chi connectivity index (χ0) is 13.9. The highest BCUT2D eigenvalue weighted by molar-refractivity contribution is 5.82. The van der Waals surface area contributed by atoms with Gasteiger partial charge in [0.25, 0.3) is 0 Å². The molecule has 1 heterocycles. The van der Waals surface area contributed by atoms with E-state index in [0.29, 0.717) is 6.04 Å². The van der Waals surface area contributed by atoms with Crippen LogP contribution < -0.4 is 4.90 Å². The fraction of sp³-hybridized carbons (Fsp3) is 0.471. The second kappa shape index (κ2) is 5.60. The summed E-state index contributed by atoms with van der Waals surface area (Å²) < 4.78 is 0. The van der Waals surface area contributed by atoms with Gasteiger partial charge in [0.1, 0.15) is 0 Å². The van der Waals surface area contributed by atoms with Crippen LogP contribution in [0.1, 0.15) is 39.2 Å². The van der Waals surface area contributed by atoms with Gasteiger partial charge in [0.05, 0.1) is 11.9 Å². The van der Waals surface area contributed by atoms with Gasteiger partial charge in [-0.1, -0.05) is 24.3 Å². The SMILES string of the molecule is C=CCC1CCc2ccccc2N1C=NC(C)(C)C. The van der Waals surface area contributed by atoms with Gasteiger partial charge in [-0.05, 0) is 51.7 Å². The fourth-order valence-corrected chi connectivity index (χ4v) is 2.45. The van der Waals surface area contributed by atoms with E-state index in [9.17, 15) is 0 Å². The first-order valence-electron chi connectivity index (χ1n) is 7.04. The Morgan fingerprint density at radius 3 is 2.79 bits per heavy atom. The van der Waals surface area contributed by atoms with E-state index in [1.807, 2.05) is 12.4 Å². The lowest BCUT2D eigenvalue weighted by Crippen LogP contribution is -2.38. The molecule has 1 aromatic carbocycles. The average molecular weight is 256 g/mol. The summed E-state index contributed by atoms with van der Waals surface area (Å²) >= 11 is 0. The quantitative estimate of drug-likeness (QED) is 0.449. The average Bonchev–Trinajstić information content (AvgIpc) is 2.36. The van der Waals surface area contributed by atoms with Gasteiger partial charge in [-0.25, -0.2) is 0 Å². The van der Waals surface area contributed by atoms with Crippen LogP contribution in [0.2, 0.25) is 0 Å². The molecule has 1 atom stereocenters. The molecule has 0 amide bonds. The molecule has 0 bridgehead atoms. The molecule has 0 N–H and O–H groups in total. The molecule has 1 unspecified atom stereocenters. The van der Waals surface area contributed by atoms with E-state index in [1.54, 1.807) is 0 Å². The second-order valence-corrected chi connectivity index (χ2v) is 6.17. The van der Waals surface area contributed by atoms with Crippen LogP contribution in [0.15, 0.2) is 41.9 Å². The van der Waals surface area contributed by atoms with Gasteiger partial charge in [-0.3, -0.25) is 4.99 Å². The Hall–Kier alpha value is -1.57. The van der Waals surface area contributed by atoms with E-state index in [4.69, 9.17) is 0 Å². The van der Waals surface area contributed by atoms with Crippen LogP contribution in [-0.4, -0.2) is 17.9 Å². The number of aryl methyl sites for hydroxylation is 1. The molecule has 0 radical (unpaired) electrons. The van der Waals surface area contributed by atoms with E-state index >= 15 is 0 Å². The van der Waals surface area contributed by atoms with Crippen LogP contribution in [0.3, 0.4) is 0 Å². The summed E-state index contributed by atoms with van der Waals surface area (Å²) in [5.41, 5.74) is 2.68. The lowest BCUT2D eigenvalue weighted by Gasteiger charge is -2.36. The third kappa shape index (κ3) is 3.46. The summed E-state index contributed by atoms with van der Waals surface area (Å²) in [6, 6.07) is 9.12. The number of nitrogens with zero attached hydrogens (tertiary/aromatic N) is 2. The van der Waals surface area contributed by atoms with E-state index in [1.165, 1.54) is 17.7 Å². The van der Waals surface area contributed by atoms with Crippen molar-refractivity contribution in [1.82, 2.24) is 0 Å². The number of hydrogen-bond donors (Lipinski definition) is 0. The molecule has 1 aromatic rings. The van der Waals surface area contributed by atoms with Crippen molar-refractivity contribution in [2.24, 2.45) is 4.99 Å². The molecular formula is C17H24N2. The van der Waals surface area contributed by atoms with E-state index in [0.717, 1.165) is 12.8 Å². The minimum Gasteiger partial charge on any atom is -0.329 e. The van der Waals surface area contributed by atoms with Crippen LogP contribution in [0.5, 0.6) is 0 Å². The summed E-state index contributed by atoms with van der Waals surface area (Å²) in [7, 11) is 0. The third-order valence-corrected chi connectivity index (χ3v) is 3.42. The molecular weight excluding hydrogens is 232 g/mol. The highest BCUT2D eigenvalue weighted by Gasteiger charge is 2.24. The fourth-order valence-electron chi connectivity index (χ4n) is 2.45. The maximum atomic E-state index is 4.68. The smallest absolute Gasteiger partial charge is 0.0903 e. The van der Waals surface area contributed by atoms with Crippen molar-refractivity contribution < 1.29 is 0 Å². The number of benzene rings is 1. The van der Waals surface area contributed by atoms with Crippen molar-refractivity contribution in [3.05, 3.63) is 42.5 Å². The molecule has 19 heavy (non-hydrogen) atoms. The molecule has 2 rings (SSSR count). The zero-order valence-electron chi connectivity index (χ0n) is 12.3. The number of fused-ring (bicyclic) bond motifs is 1. The van der Waals surface area contributed by atoms with Crippen molar-refractivity contribution >= 4 is 12.0 Å². The Morgan fingerprint density at radius 2 is 2.11 bits per heavy atom. The largest absolute Gasteiger partial charge is 0.329 e. The molecule has 0 spiro atoms. The molecule has 1 aliphatic heterocycles. The summed E-state index contributed by atoms with van der Waals surface area (Å²) in [6.45, 7) is 10.3. The predicted octanol–water partition coefficient (Wildman–Crippen LogP) is 4.21. The molecule has 0 saturated carbocycles. The standard InChI is InChI=1S/C17H24N2/c1-5-8-15-12-11-14-9-6-7-10-16(14)19(15)13-18-17(2,3)4/h5-7,9-10,13,15H,1,8,11-12H2,2-4H3. The molecule has 0 saturated heterocycles. The Balaban J connectivity index is 2.33.